The van der Waals surface area contributed by atoms with Crippen molar-refractivity contribution in [2.75, 3.05) is 32.1 Å². The molecule has 138 valence electrons. The number of benzene rings is 1. The molecule has 0 N–H and O–H groups in total. The SMILES string of the molecule is CN(C)c1cccc(C(=O)N2CC(Oc3cccc(C(F)(F)F)n3)C2)c1. The molecule has 0 spiro atoms. The predicted molar refractivity (Wildman–Crippen MR) is 90.3 cm³/mol. The normalized spacial score (nSPS) is 14.7. The largest absolute Gasteiger partial charge is 0.471 e. The lowest BCUT2D eigenvalue weighted by molar-refractivity contribution is -0.141. The summed E-state index contributed by atoms with van der Waals surface area (Å²) in [6, 6.07) is 10.8. The number of pyridine rings is 1. The first kappa shape index (κ1) is 18.0. The molecule has 0 unspecified atom stereocenters. The molecule has 1 fully saturated rings. The van der Waals surface area contributed by atoms with Gasteiger partial charge in [-0.05, 0) is 24.3 Å². The van der Waals surface area contributed by atoms with Crippen LogP contribution in [0.3, 0.4) is 0 Å². The summed E-state index contributed by atoms with van der Waals surface area (Å²) in [5, 5.41) is 0. The van der Waals surface area contributed by atoms with Crippen LogP contribution >= 0.6 is 0 Å². The fourth-order valence-corrected chi connectivity index (χ4v) is 2.59. The van der Waals surface area contributed by atoms with Crippen LogP contribution in [0.2, 0.25) is 0 Å². The van der Waals surface area contributed by atoms with Crippen LogP contribution in [-0.4, -0.2) is 49.1 Å². The van der Waals surface area contributed by atoms with Crippen LogP contribution in [0.5, 0.6) is 5.88 Å². The number of amides is 1. The highest BCUT2D eigenvalue weighted by atomic mass is 19.4. The monoisotopic (exact) mass is 365 g/mol. The van der Waals surface area contributed by atoms with Crippen LogP contribution in [0.4, 0.5) is 18.9 Å². The van der Waals surface area contributed by atoms with E-state index in [1.165, 1.54) is 12.1 Å². The van der Waals surface area contributed by atoms with E-state index in [1.54, 1.807) is 17.0 Å². The minimum atomic E-state index is -4.52. The maximum Gasteiger partial charge on any atom is 0.433 e. The van der Waals surface area contributed by atoms with Crippen molar-refractivity contribution in [2.45, 2.75) is 12.3 Å². The highest BCUT2D eigenvalue weighted by Gasteiger charge is 2.35. The Morgan fingerprint density at radius 2 is 1.88 bits per heavy atom. The van der Waals surface area contributed by atoms with Crippen LogP contribution < -0.4 is 9.64 Å². The molecular weight excluding hydrogens is 347 g/mol. The number of carbonyl (C=O) groups excluding carboxylic acids is 1. The number of rotatable bonds is 4. The summed E-state index contributed by atoms with van der Waals surface area (Å²) in [6.07, 6.45) is -4.88. The third-order valence-corrected chi connectivity index (χ3v) is 4.05. The molecule has 0 bridgehead atoms. The van der Waals surface area contributed by atoms with E-state index in [-0.39, 0.29) is 17.9 Å². The Morgan fingerprint density at radius 3 is 2.54 bits per heavy atom. The Kier molecular flexibility index (Phi) is 4.76. The lowest BCUT2D eigenvalue weighted by atomic mass is 10.1. The van der Waals surface area contributed by atoms with Crippen LogP contribution in [0.15, 0.2) is 42.5 Å². The van der Waals surface area contributed by atoms with Gasteiger partial charge in [-0.15, -0.1) is 0 Å². The number of hydrogen-bond donors (Lipinski definition) is 0. The number of alkyl halides is 3. The summed E-state index contributed by atoms with van der Waals surface area (Å²) >= 11 is 0. The summed E-state index contributed by atoms with van der Waals surface area (Å²) in [5.74, 6) is -0.225. The lowest BCUT2D eigenvalue weighted by Crippen LogP contribution is -2.56. The van der Waals surface area contributed by atoms with Crippen molar-refractivity contribution in [3.05, 3.63) is 53.7 Å². The van der Waals surface area contributed by atoms with Gasteiger partial charge < -0.3 is 14.5 Å². The second kappa shape index (κ2) is 6.86. The van der Waals surface area contributed by atoms with Gasteiger partial charge in [0.25, 0.3) is 5.91 Å². The van der Waals surface area contributed by atoms with Crippen molar-refractivity contribution in [1.29, 1.82) is 0 Å². The van der Waals surface area contributed by atoms with Crippen LogP contribution in [0.1, 0.15) is 16.1 Å². The molecular formula is C18H18F3N3O2. The number of hydrogen-bond acceptors (Lipinski definition) is 4. The van der Waals surface area contributed by atoms with Gasteiger partial charge in [-0.25, -0.2) is 4.98 Å². The van der Waals surface area contributed by atoms with Crippen molar-refractivity contribution >= 4 is 11.6 Å². The zero-order valence-corrected chi connectivity index (χ0v) is 14.3. The van der Waals surface area contributed by atoms with Gasteiger partial charge >= 0.3 is 6.18 Å². The van der Waals surface area contributed by atoms with E-state index in [1.807, 2.05) is 31.1 Å². The van der Waals surface area contributed by atoms with Crippen molar-refractivity contribution in [2.24, 2.45) is 0 Å². The molecule has 1 amide bonds. The van der Waals surface area contributed by atoms with E-state index < -0.39 is 11.9 Å². The van der Waals surface area contributed by atoms with Gasteiger partial charge in [0.15, 0.2) is 0 Å². The average Bonchev–Trinajstić information content (AvgIpc) is 2.57. The van der Waals surface area contributed by atoms with Crippen LogP contribution in [-0.2, 0) is 6.18 Å². The minimum Gasteiger partial charge on any atom is -0.471 e. The van der Waals surface area contributed by atoms with Gasteiger partial charge in [-0.1, -0.05) is 12.1 Å². The standard InChI is InChI=1S/C18H18F3N3O2/c1-23(2)13-6-3-5-12(9-13)17(25)24-10-14(11-24)26-16-8-4-7-15(22-16)18(19,20)21/h3-9,14H,10-11H2,1-2H3. The zero-order chi connectivity index (χ0) is 18.9. The number of halogens is 3. The van der Waals surface area contributed by atoms with Crippen molar-refractivity contribution in [1.82, 2.24) is 9.88 Å². The van der Waals surface area contributed by atoms with Crippen molar-refractivity contribution in [3.63, 3.8) is 0 Å². The number of likely N-dealkylation sites (tertiary alicyclic amines) is 1. The molecule has 0 saturated carbocycles. The van der Waals surface area contributed by atoms with E-state index in [0.29, 0.717) is 18.7 Å². The van der Waals surface area contributed by atoms with Crippen molar-refractivity contribution in [3.8, 4) is 5.88 Å². The molecule has 1 aliphatic heterocycles. The average molecular weight is 365 g/mol. The molecule has 5 nitrogen and oxygen atoms in total. The zero-order valence-electron chi connectivity index (χ0n) is 14.3. The fourth-order valence-electron chi connectivity index (χ4n) is 2.59. The van der Waals surface area contributed by atoms with Crippen molar-refractivity contribution < 1.29 is 22.7 Å². The summed E-state index contributed by atoms with van der Waals surface area (Å²) in [6.45, 7) is 0.617. The van der Waals surface area contributed by atoms with Crippen LogP contribution in [0.25, 0.3) is 0 Å². The smallest absolute Gasteiger partial charge is 0.433 e. The molecule has 1 saturated heterocycles. The summed E-state index contributed by atoms with van der Waals surface area (Å²) in [7, 11) is 3.78. The first-order valence-corrected chi connectivity index (χ1v) is 8.01. The second-order valence-electron chi connectivity index (χ2n) is 6.25. The number of anilines is 1. The highest BCUT2D eigenvalue weighted by Crippen LogP contribution is 2.29. The predicted octanol–water partition coefficient (Wildman–Crippen LogP) is 3.07. The third-order valence-electron chi connectivity index (χ3n) is 4.05. The molecule has 2 heterocycles. The second-order valence-corrected chi connectivity index (χ2v) is 6.25. The molecule has 26 heavy (non-hydrogen) atoms. The van der Waals surface area contributed by atoms with E-state index in [0.717, 1.165) is 11.8 Å². The van der Waals surface area contributed by atoms with Gasteiger partial charge in [0.2, 0.25) is 5.88 Å². The minimum absolute atomic E-state index is 0.0912. The molecule has 2 aromatic rings. The van der Waals surface area contributed by atoms with E-state index >= 15 is 0 Å². The summed E-state index contributed by atoms with van der Waals surface area (Å²) in [5.41, 5.74) is 0.479. The Morgan fingerprint density at radius 1 is 1.19 bits per heavy atom. The first-order chi connectivity index (χ1) is 12.2. The van der Waals surface area contributed by atoms with Gasteiger partial charge in [-0.3, -0.25) is 4.79 Å². The molecule has 1 aromatic heterocycles. The van der Waals surface area contributed by atoms with Crippen LogP contribution in [0, 0.1) is 0 Å². The summed E-state index contributed by atoms with van der Waals surface area (Å²) in [4.78, 5) is 19.4. The molecule has 3 rings (SSSR count). The first-order valence-electron chi connectivity index (χ1n) is 8.01. The van der Waals surface area contributed by atoms with E-state index in [9.17, 15) is 18.0 Å². The quantitative estimate of drug-likeness (QED) is 0.836. The van der Waals surface area contributed by atoms with E-state index in [2.05, 4.69) is 4.98 Å². The Hall–Kier alpha value is -2.77. The molecule has 0 radical (unpaired) electrons. The molecule has 0 aliphatic carbocycles. The molecule has 1 aromatic carbocycles. The van der Waals surface area contributed by atoms with E-state index in [4.69, 9.17) is 4.74 Å². The number of aromatic nitrogens is 1. The summed E-state index contributed by atoms with van der Waals surface area (Å²) < 4.78 is 43.5. The number of ether oxygens (including phenoxy) is 1. The van der Waals surface area contributed by atoms with Gasteiger partial charge in [0.05, 0.1) is 13.1 Å². The maximum atomic E-state index is 12.7. The Labute approximate surface area is 149 Å². The van der Waals surface area contributed by atoms with Gasteiger partial charge in [-0.2, -0.15) is 13.2 Å². The molecule has 8 heteroatoms. The molecule has 0 atom stereocenters. The maximum absolute atomic E-state index is 12.7. The molecule has 1 aliphatic rings. The van der Waals surface area contributed by atoms with Gasteiger partial charge in [0.1, 0.15) is 11.8 Å². The highest BCUT2D eigenvalue weighted by molar-refractivity contribution is 5.95. The topological polar surface area (TPSA) is 45.7 Å². The Balaban J connectivity index is 1.59. The third kappa shape index (κ3) is 3.89. The van der Waals surface area contributed by atoms with Gasteiger partial charge in [0, 0.05) is 31.4 Å². The lowest BCUT2D eigenvalue weighted by Gasteiger charge is -2.38. The number of nitrogens with zero attached hydrogens (tertiary/aromatic N) is 3. The Bertz CT molecular complexity index is 802. The number of carbonyl (C=O) groups is 1. The fraction of sp³-hybridized carbons (Fsp3) is 0.333.